The van der Waals surface area contributed by atoms with Gasteiger partial charge in [0.05, 0.1) is 32.5 Å². The van der Waals surface area contributed by atoms with Gasteiger partial charge >= 0.3 is 0 Å². The standard InChI is InChI=1S/C19H25OS.2C18H23OS.2C17H21OS.C16H19OS.C15H17OS/c1-19(2,3)20-17-11-12-18(21-13-7-4-8-14-21)16-10-6-5-9-15(16)17;1-18(2,3)19-16-10-11-17(20-12-6-7-13-20)15-9-5-4-8-14(15)16;1-14(2)19-17-10-11-18(20-12-6-3-7-13-20)16-9-5-4-8-15(16)17;1-13(2)18-16-9-10-17(19-11-5-6-12-19)15-8-4-3-7-14(15)16;1-2-18-16-10-11-17(19-12-6-3-7-13-19)15-9-5-4-8-14(15)16;1-2-17-15-9-10-16(18-11-5-6-12-18)14-8-4-3-7-13(14)15;1-16-14-8-9-15(17-10-4-5-11-17)13-7-3-2-6-12(13)14/h5-6,9-12H,4,7-8,13-14H2,1-3H3;4-5,8-11H,6-7,12-13H2,1-3H3;4-5,8-11,14H,3,6-7,12-13H2,1-2H3;3-4,7-10,13H,5-6,11-12H2,1-2H3;4-5,8-11H,2-3,6-7,12-13H2,1H3;3-4,7-10H,2,5-6,11-12H2,1H3;2-3,6-9H,4-5,10-11H2,1H3/q7*+1. The highest BCUT2D eigenvalue weighted by Crippen LogP contribution is 2.44. The van der Waals surface area contributed by atoms with Gasteiger partial charge in [-0.15, -0.1) is 0 Å². The molecule has 0 atom stereocenters. The van der Waals surface area contributed by atoms with Crippen LogP contribution in [0.2, 0.25) is 0 Å². The van der Waals surface area contributed by atoms with Gasteiger partial charge in [0, 0.05) is 152 Å². The van der Waals surface area contributed by atoms with Gasteiger partial charge in [-0.05, 0) is 320 Å². The molecule has 0 bridgehead atoms. The average Bonchev–Trinajstić information content (AvgIpc) is 1.86. The Morgan fingerprint density at radius 3 is 0.567 bits per heavy atom. The van der Waals surface area contributed by atoms with E-state index in [4.69, 9.17) is 33.2 Å². The SMILES string of the molecule is CC(C)(C)Oc1ccc([S+]2CCCC2)c2ccccc12.CC(C)(C)Oc1ccc([S+]2CCCCC2)c2ccccc12.CC(C)Oc1ccc([S+]2CCCC2)c2ccccc12.CC(C)Oc1ccc([S+]2CCCCC2)c2ccccc12.CCOc1ccc([S+]2CCCC2)c2ccccc12.CCOc1ccc([S+]2CCCCC2)c2ccccc12.COc1ccc([S+]2CCCC2)c2ccccc12. The minimum atomic E-state index is -0.155. The first kappa shape index (κ1) is 100. The van der Waals surface area contributed by atoms with Crippen LogP contribution >= 0.6 is 0 Å². The van der Waals surface area contributed by atoms with Crippen molar-refractivity contribution in [3.05, 3.63) is 255 Å². The highest BCUT2D eigenvalue weighted by molar-refractivity contribution is 7.99. The lowest BCUT2D eigenvalue weighted by Crippen LogP contribution is -2.23. The lowest BCUT2D eigenvalue weighted by atomic mass is 10.1. The van der Waals surface area contributed by atoms with Crippen LogP contribution in [-0.2, 0) is 76.3 Å². The van der Waals surface area contributed by atoms with E-state index in [-0.39, 0.29) is 23.4 Å². The number of rotatable bonds is 18. The summed E-state index contributed by atoms with van der Waals surface area (Å²) < 4.78 is 41.2. The topological polar surface area (TPSA) is 64.6 Å². The van der Waals surface area contributed by atoms with Crippen molar-refractivity contribution < 1.29 is 33.2 Å². The molecular formula is C120H149O7S7+7. The van der Waals surface area contributed by atoms with Crippen LogP contribution in [0.3, 0.4) is 0 Å². The maximum atomic E-state index is 6.16. The molecule has 14 heteroatoms. The molecule has 7 aliphatic heterocycles. The van der Waals surface area contributed by atoms with E-state index in [1.807, 2.05) is 13.8 Å². The summed E-state index contributed by atoms with van der Waals surface area (Å²) in [6.45, 7) is 26.5. The molecule has 0 amide bonds. The molecule has 0 saturated carbocycles. The third kappa shape index (κ3) is 26.5. The van der Waals surface area contributed by atoms with Gasteiger partial charge in [-0.1, -0.05) is 127 Å². The maximum absolute atomic E-state index is 6.16. The highest BCUT2D eigenvalue weighted by atomic mass is 32.2. The van der Waals surface area contributed by atoms with E-state index in [1.165, 1.54) is 265 Å². The van der Waals surface area contributed by atoms with Crippen LogP contribution in [0.5, 0.6) is 40.2 Å². The minimum Gasteiger partial charge on any atom is -0.496 e. The van der Waals surface area contributed by atoms with Gasteiger partial charge in [0.1, 0.15) is 132 Å². The van der Waals surface area contributed by atoms with Gasteiger partial charge in [0.2, 0.25) is 0 Å². The van der Waals surface area contributed by atoms with Gasteiger partial charge in [-0.2, -0.15) is 0 Å². The summed E-state index contributed by atoms with van der Waals surface area (Å²) in [7, 11) is 4.91. The Kier molecular flexibility index (Phi) is 37.1. The van der Waals surface area contributed by atoms with Crippen molar-refractivity contribution in [2.24, 2.45) is 0 Å². The normalized spacial score (nSPS) is 16.6. The zero-order chi connectivity index (χ0) is 93.3. The Morgan fingerprint density at radius 1 is 0.209 bits per heavy atom. The van der Waals surface area contributed by atoms with Crippen LogP contribution in [0.4, 0.5) is 0 Å². The third-order valence-corrected chi connectivity index (χ3v) is 43.2. The zero-order valence-corrected chi connectivity index (χ0v) is 88.2. The van der Waals surface area contributed by atoms with Gasteiger partial charge in [0.25, 0.3) is 0 Å². The molecule has 7 fully saturated rings. The Bertz CT molecular complexity index is 6090. The van der Waals surface area contributed by atoms with Crippen molar-refractivity contribution in [1.82, 2.24) is 0 Å². The molecule has 0 N–H and O–H groups in total. The van der Waals surface area contributed by atoms with Crippen molar-refractivity contribution in [1.29, 1.82) is 0 Å². The second kappa shape index (κ2) is 49.5. The maximum Gasteiger partial charge on any atom is 0.162 e. The summed E-state index contributed by atoms with van der Waals surface area (Å²) in [5.74, 6) is 26.3. The fourth-order valence-electron chi connectivity index (χ4n) is 19.4. The van der Waals surface area contributed by atoms with Crippen molar-refractivity contribution in [2.45, 2.75) is 250 Å². The van der Waals surface area contributed by atoms with Gasteiger partial charge in [-0.3, -0.25) is 0 Å². The third-order valence-electron chi connectivity index (χ3n) is 25.4. The number of fused-ring (bicyclic) bond motifs is 7. The lowest BCUT2D eigenvalue weighted by Gasteiger charge is -2.23. The molecule has 0 aliphatic carbocycles. The number of methoxy groups -OCH3 is 1. The van der Waals surface area contributed by atoms with Crippen molar-refractivity contribution in [2.75, 3.05) is 101 Å². The molecule has 14 aromatic rings. The zero-order valence-electron chi connectivity index (χ0n) is 82.5. The molecule has 0 spiro atoms. The Hall–Kier alpha value is -8.05. The number of hydrogen-bond acceptors (Lipinski definition) is 7. The van der Waals surface area contributed by atoms with Gasteiger partial charge in [0.15, 0.2) is 34.3 Å². The quantitative estimate of drug-likeness (QED) is 0.0793. The van der Waals surface area contributed by atoms with Crippen LogP contribution in [0, 0.1) is 0 Å². The van der Waals surface area contributed by atoms with Crippen molar-refractivity contribution in [3.63, 3.8) is 0 Å². The molecule has 0 unspecified atom stereocenters. The number of hydrogen-bond donors (Lipinski definition) is 0. The molecule has 7 saturated heterocycles. The fraction of sp³-hybridized carbons (Fsp3) is 0.417. The second-order valence-corrected chi connectivity index (χ2v) is 54.1. The molecule has 7 aliphatic rings. The first-order valence-corrected chi connectivity index (χ1v) is 61.1. The van der Waals surface area contributed by atoms with Gasteiger partial charge < -0.3 is 33.2 Å². The van der Waals surface area contributed by atoms with E-state index in [1.54, 1.807) is 41.4 Å². The second-order valence-electron chi connectivity index (χ2n) is 38.4. The van der Waals surface area contributed by atoms with Crippen LogP contribution in [-0.4, -0.2) is 124 Å². The molecular weight excluding hydrogens is 1780 g/mol. The summed E-state index contributed by atoms with van der Waals surface area (Å²) in [5, 5.41) is 18.6. The molecule has 0 radical (unpaired) electrons. The molecule has 21 rings (SSSR count). The van der Waals surface area contributed by atoms with Crippen LogP contribution in [0.25, 0.3) is 75.4 Å². The smallest absolute Gasteiger partial charge is 0.162 e. The fourth-order valence-corrected chi connectivity index (χ4v) is 36.9. The first-order valence-electron chi connectivity index (χ1n) is 50.2. The lowest BCUT2D eigenvalue weighted by molar-refractivity contribution is 0.132. The highest BCUT2D eigenvalue weighted by Gasteiger charge is 2.36. The molecule has 0 aromatic heterocycles. The van der Waals surface area contributed by atoms with Crippen LogP contribution in [0.1, 0.15) is 192 Å². The minimum absolute atomic E-state index is 0.153. The van der Waals surface area contributed by atoms with Crippen LogP contribution in [0.15, 0.2) is 289 Å². The monoisotopic (exact) mass is 1930 g/mol. The number of ether oxygens (including phenoxy) is 7. The predicted molar refractivity (Wildman–Crippen MR) is 595 cm³/mol. The summed E-state index contributed by atoms with van der Waals surface area (Å²) >= 11 is 0. The van der Waals surface area contributed by atoms with Gasteiger partial charge in [-0.25, -0.2) is 0 Å². The van der Waals surface area contributed by atoms with E-state index in [2.05, 4.69) is 324 Å². The van der Waals surface area contributed by atoms with Crippen LogP contribution < -0.4 is 33.2 Å². The molecule has 706 valence electrons. The molecule has 7 heterocycles. The molecule has 134 heavy (non-hydrogen) atoms. The summed E-state index contributed by atoms with van der Waals surface area (Å²) in [4.78, 5) is 10.8. The Morgan fingerprint density at radius 2 is 0.373 bits per heavy atom. The molecule has 7 nitrogen and oxygen atoms in total. The Labute approximate surface area is 823 Å². The predicted octanol–water partition coefficient (Wildman–Crippen LogP) is 31.2. The van der Waals surface area contributed by atoms with Crippen molar-refractivity contribution in [3.8, 4) is 40.2 Å². The largest absolute Gasteiger partial charge is 0.496 e. The Balaban J connectivity index is 0.000000119. The molecule has 14 aromatic carbocycles. The first-order chi connectivity index (χ1) is 65.3. The summed E-state index contributed by atoms with van der Waals surface area (Å²) in [5.41, 5.74) is -0.308. The van der Waals surface area contributed by atoms with E-state index < -0.39 is 0 Å². The van der Waals surface area contributed by atoms with E-state index >= 15 is 0 Å². The van der Waals surface area contributed by atoms with Crippen molar-refractivity contribution >= 4 is 152 Å². The number of benzene rings is 14. The average molecular weight is 1930 g/mol. The van der Waals surface area contributed by atoms with E-state index in [9.17, 15) is 0 Å². The summed E-state index contributed by atoms with van der Waals surface area (Å²) in [6, 6.07) is 92.1. The van der Waals surface area contributed by atoms with E-state index in [0.29, 0.717) is 76.3 Å². The summed E-state index contributed by atoms with van der Waals surface area (Å²) in [6.07, 6.45) is 24.2. The van der Waals surface area contributed by atoms with E-state index in [0.717, 1.165) is 53.5 Å².